The fourth-order valence-corrected chi connectivity index (χ4v) is 12.0. The van der Waals surface area contributed by atoms with Crippen molar-refractivity contribution in [2.75, 3.05) is 0 Å². The highest BCUT2D eigenvalue weighted by molar-refractivity contribution is 6.23. The van der Waals surface area contributed by atoms with Crippen molar-refractivity contribution in [3.05, 3.63) is 314 Å². The van der Waals surface area contributed by atoms with Gasteiger partial charge in [-0.2, -0.15) is 0 Å². The molecular weight excluding hydrogens is 971 g/mol. The Balaban J connectivity index is 0.987. The van der Waals surface area contributed by atoms with Gasteiger partial charge in [0.15, 0.2) is 5.84 Å². The zero-order valence-electron chi connectivity index (χ0n) is 43.7. The maximum Gasteiger partial charge on any atom is 0.161 e. The number of hydrogen-bond acceptors (Lipinski definition) is 3. The SMILES string of the molecule is c1ccc(-c2ccc(C3=NC(c4ccc(-c5ccccc5)cc4-n4c5cc(-c6ccccc6)ccc5c5c(-c6cccc7c6c6ccccc6n7-c6ccccc6)cccc54)=NC(c4ccc(-c5ccccc5)cc4)N3)cc2)cc1. The monoisotopic (exact) mass is 1020 g/mol. The van der Waals surface area contributed by atoms with Gasteiger partial charge in [-0.1, -0.05) is 249 Å². The fraction of sp³-hybridized carbons (Fsp3) is 0.0133. The Kier molecular flexibility index (Phi) is 11.5. The summed E-state index contributed by atoms with van der Waals surface area (Å²) < 4.78 is 4.88. The van der Waals surface area contributed by atoms with E-state index in [1.807, 2.05) is 0 Å². The lowest BCUT2D eigenvalue weighted by molar-refractivity contribution is 0.674. The molecule has 5 heteroatoms. The summed E-state index contributed by atoms with van der Waals surface area (Å²) >= 11 is 0. The third kappa shape index (κ3) is 8.19. The van der Waals surface area contributed by atoms with Gasteiger partial charge in [-0.3, -0.25) is 0 Å². The number of benzene rings is 12. The van der Waals surface area contributed by atoms with Gasteiger partial charge < -0.3 is 14.5 Å². The number of aromatic nitrogens is 2. The smallest absolute Gasteiger partial charge is 0.161 e. The summed E-state index contributed by atoms with van der Waals surface area (Å²) in [4.78, 5) is 11.2. The zero-order valence-corrected chi connectivity index (χ0v) is 43.7. The number of aliphatic imine (C=N–C) groups is 2. The molecule has 12 aromatic carbocycles. The molecule has 1 N–H and O–H groups in total. The van der Waals surface area contributed by atoms with Crippen LogP contribution in [0.5, 0.6) is 0 Å². The van der Waals surface area contributed by atoms with E-state index in [9.17, 15) is 0 Å². The van der Waals surface area contributed by atoms with Crippen LogP contribution in [-0.2, 0) is 0 Å². The molecule has 0 radical (unpaired) electrons. The van der Waals surface area contributed by atoms with E-state index in [1.165, 1.54) is 43.9 Å². The Bertz CT molecular complexity index is 4670. The van der Waals surface area contributed by atoms with Crippen LogP contribution in [0.25, 0.3) is 111 Å². The van der Waals surface area contributed by atoms with Crippen LogP contribution in [0.4, 0.5) is 0 Å². The minimum Gasteiger partial charge on any atom is -0.344 e. The van der Waals surface area contributed by atoms with Crippen LogP contribution in [0.2, 0.25) is 0 Å². The average molecular weight is 1020 g/mol. The van der Waals surface area contributed by atoms with Gasteiger partial charge in [0.2, 0.25) is 0 Å². The maximum atomic E-state index is 5.62. The highest BCUT2D eigenvalue weighted by Crippen LogP contribution is 2.46. The van der Waals surface area contributed by atoms with Gasteiger partial charge in [-0.25, -0.2) is 9.98 Å². The molecule has 0 fully saturated rings. The largest absolute Gasteiger partial charge is 0.344 e. The van der Waals surface area contributed by atoms with Crippen LogP contribution < -0.4 is 5.32 Å². The summed E-state index contributed by atoms with van der Waals surface area (Å²) in [6.45, 7) is 0. The van der Waals surface area contributed by atoms with Crippen LogP contribution in [-0.4, -0.2) is 20.8 Å². The molecule has 2 aromatic heterocycles. The molecule has 80 heavy (non-hydrogen) atoms. The standard InChI is InChI=1S/C75H51N5/c1-6-20-50(21-7-1)54-36-40-56(41-37-54)73-76-74(57-42-38-55(39-43-57)51-22-8-2-9-23-51)78-75(77-73)65-47-45-59(53-26-12-4-13-27-53)49-70(65)80-68-35-19-32-62(72(68)64-46-44-58(48-69(64)80)52-24-10-3-11-25-52)61-31-18-34-67-71(61)63-30-16-17-33-66(63)79(67)60-28-14-5-15-29-60/h1-49,73H,(H,76,77,78). The van der Waals surface area contributed by atoms with Gasteiger partial charge in [0.05, 0.1) is 27.8 Å². The number of amidine groups is 2. The molecule has 0 saturated heterocycles. The molecule has 0 amide bonds. The summed E-state index contributed by atoms with van der Waals surface area (Å²) in [6.07, 6.45) is -0.439. The predicted octanol–water partition coefficient (Wildman–Crippen LogP) is 18.7. The molecule has 0 saturated carbocycles. The second-order valence-corrected chi connectivity index (χ2v) is 20.5. The molecule has 0 aliphatic carbocycles. The first-order valence-electron chi connectivity index (χ1n) is 27.3. The van der Waals surface area contributed by atoms with Crippen LogP contribution in [0.1, 0.15) is 22.9 Å². The molecule has 5 nitrogen and oxygen atoms in total. The van der Waals surface area contributed by atoms with Crippen LogP contribution in [0.3, 0.4) is 0 Å². The maximum absolute atomic E-state index is 5.62. The van der Waals surface area contributed by atoms with E-state index in [4.69, 9.17) is 9.98 Å². The number of nitrogens with one attached hydrogen (secondary N) is 1. The molecular formula is C75H51N5. The normalized spacial score (nSPS) is 13.4. The quantitative estimate of drug-likeness (QED) is 0.146. The first-order valence-corrected chi connectivity index (χ1v) is 27.3. The van der Waals surface area contributed by atoms with Crippen LogP contribution in [0.15, 0.2) is 307 Å². The number of rotatable bonds is 10. The van der Waals surface area contributed by atoms with Crippen molar-refractivity contribution in [3.63, 3.8) is 0 Å². The molecule has 1 aliphatic heterocycles. The topological polar surface area (TPSA) is 46.6 Å². The highest BCUT2D eigenvalue weighted by Gasteiger charge is 2.27. The summed E-state index contributed by atoms with van der Waals surface area (Å²) in [5.74, 6) is 1.39. The molecule has 15 rings (SSSR count). The predicted molar refractivity (Wildman–Crippen MR) is 334 cm³/mol. The molecule has 1 atom stereocenters. The summed E-state index contributed by atoms with van der Waals surface area (Å²) in [5, 5.41) is 8.56. The average Bonchev–Trinajstić information content (AvgIpc) is 4.27. The number of para-hydroxylation sites is 2. The Morgan fingerprint density at radius 2 is 0.738 bits per heavy atom. The molecule has 14 aromatic rings. The highest BCUT2D eigenvalue weighted by atomic mass is 15.2. The molecule has 3 heterocycles. The summed E-state index contributed by atoms with van der Waals surface area (Å²) in [5.41, 5.74) is 21.0. The first-order chi connectivity index (χ1) is 39.7. The van der Waals surface area contributed by atoms with E-state index in [-0.39, 0.29) is 0 Å². The molecule has 1 aliphatic rings. The van der Waals surface area contributed by atoms with Crippen molar-refractivity contribution >= 4 is 55.3 Å². The van der Waals surface area contributed by atoms with E-state index in [0.717, 1.165) is 89.2 Å². The summed E-state index contributed by atoms with van der Waals surface area (Å²) in [7, 11) is 0. The lowest BCUT2D eigenvalue weighted by Gasteiger charge is -2.25. The van der Waals surface area contributed by atoms with Crippen molar-refractivity contribution in [1.82, 2.24) is 14.5 Å². The lowest BCUT2D eigenvalue weighted by Crippen LogP contribution is -2.33. The van der Waals surface area contributed by atoms with Gasteiger partial charge in [0.1, 0.15) is 12.0 Å². The second kappa shape index (κ2) is 19.7. The van der Waals surface area contributed by atoms with Gasteiger partial charge in [-0.15, -0.1) is 0 Å². The molecule has 1 unspecified atom stereocenters. The molecule has 376 valence electrons. The van der Waals surface area contributed by atoms with E-state index < -0.39 is 6.17 Å². The van der Waals surface area contributed by atoms with Gasteiger partial charge in [-0.05, 0) is 110 Å². The number of fused-ring (bicyclic) bond motifs is 6. The Morgan fingerprint density at radius 3 is 1.34 bits per heavy atom. The van der Waals surface area contributed by atoms with Crippen molar-refractivity contribution in [1.29, 1.82) is 0 Å². The van der Waals surface area contributed by atoms with E-state index in [2.05, 4.69) is 312 Å². The number of nitrogens with zero attached hydrogens (tertiary/aromatic N) is 4. The second-order valence-electron chi connectivity index (χ2n) is 20.5. The van der Waals surface area contributed by atoms with Crippen molar-refractivity contribution < 1.29 is 0 Å². The first kappa shape index (κ1) is 46.7. The minimum absolute atomic E-state index is 0.439. The minimum atomic E-state index is -0.439. The van der Waals surface area contributed by atoms with Crippen LogP contribution in [0, 0.1) is 0 Å². The molecule has 0 bridgehead atoms. The van der Waals surface area contributed by atoms with E-state index in [0.29, 0.717) is 5.84 Å². The third-order valence-corrected chi connectivity index (χ3v) is 15.8. The lowest BCUT2D eigenvalue weighted by atomic mass is 9.95. The van der Waals surface area contributed by atoms with E-state index in [1.54, 1.807) is 0 Å². The van der Waals surface area contributed by atoms with Crippen molar-refractivity contribution in [2.24, 2.45) is 9.98 Å². The van der Waals surface area contributed by atoms with Gasteiger partial charge >= 0.3 is 0 Å². The zero-order chi connectivity index (χ0) is 52.9. The van der Waals surface area contributed by atoms with Gasteiger partial charge in [0.25, 0.3) is 0 Å². The van der Waals surface area contributed by atoms with Crippen molar-refractivity contribution in [3.8, 4) is 67.0 Å². The molecule has 0 spiro atoms. The fourth-order valence-electron chi connectivity index (χ4n) is 12.0. The Labute approximate surface area is 464 Å². The third-order valence-electron chi connectivity index (χ3n) is 15.8. The Morgan fingerprint density at radius 1 is 0.300 bits per heavy atom. The Hall–Kier alpha value is -10.6. The van der Waals surface area contributed by atoms with Crippen molar-refractivity contribution in [2.45, 2.75) is 6.17 Å². The number of hydrogen-bond donors (Lipinski definition) is 1. The van der Waals surface area contributed by atoms with E-state index >= 15 is 0 Å². The van der Waals surface area contributed by atoms with Gasteiger partial charge in [0, 0.05) is 38.4 Å². The van der Waals surface area contributed by atoms with Crippen LogP contribution >= 0.6 is 0 Å². The summed E-state index contributed by atoms with van der Waals surface area (Å²) in [6, 6.07) is 107.